The number of carboxylic acid groups (broad SMARTS) is 1. The first-order chi connectivity index (χ1) is 23.3. The molecule has 2 atom stereocenters. The van der Waals surface area contributed by atoms with E-state index in [-0.39, 0.29) is 30.4 Å². The zero-order valence-electron chi connectivity index (χ0n) is 28.2. The van der Waals surface area contributed by atoms with Gasteiger partial charge in [0.25, 0.3) is 12.4 Å². The molecule has 49 heavy (non-hydrogen) atoms. The zero-order valence-corrected chi connectivity index (χ0v) is 29.0. The van der Waals surface area contributed by atoms with E-state index in [1.807, 2.05) is 24.3 Å². The molecule has 6 N–H and O–H groups in total. The summed E-state index contributed by atoms with van der Waals surface area (Å²) in [5.41, 5.74) is 10.5. The Morgan fingerprint density at radius 3 is 2.51 bits per heavy atom. The Bertz CT molecular complexity index is 1770. The first-order valence-corrected chi connectivity index (χ1v) is 17.4. The van der Waals surface area contributed by atoms with Crippen molar-refractivity contribution >= 4 is 34.1 Å². The van der Waals surface area contributed by atoms with Crippen molar-refractivity contribution in [1.82, 2.24) is 25.2 Å². The fourth-order valence-electron chi connectivity index (χ4n) is 6.60. The summed E-state index contributed by atoms with van der Waals surface area (Å²) in [4.78, 5) is 38.5. The number of thiazole rings is 1. The van der Waals surface area contributed by atoms with Crippen LogP contribution >= 0.6 is 11.3 Å². The van der Waals surface area contributed by atoms with Gasteiger partial charge >= 0.3 is 0 Å². The summed E-state index contributed by atoms with van der Waals surface area (Å²) in [5.74, 6) is -1.08. The molecule has 6 rings (SSSR count). The highest BCUT2D eigenvalue weighted by molar-refractivity contribution is 7.19. The summed E-state index contributed by atoms with van der Waals surface area (Å²) in [6.45, 7) is 9.07. The lowest BCUT2D eigenvalue weighted by atomic mass is 9.71. The second-order valence-electron chi connectivity index (χ2n) is 14.1. The maximum absolute atomic E-state index is 14.0. The van der Waals surface area contributed by atoms with E-state index in [2.05, 4.69) is 42.0 Å². The van der Waals surface area contributed by atoms with Gasteiger partial charge in [-0.25, -0.2) is 19.3 Å². The monoisotopic (exact) mass is 692 g/mol. The lowest BCUT2D eigenvalue weighted by Gasteiger charge is -2.38. The second-order valence-corrected chi connectivity index (χ2v) is 15.1. The summed E-state index contributed by atoms with van der Waals surface area (Å²) in [7, 11) is 0. The maximum atomic E-state index is 14.0. The molecule has 1 aliphatic heterocycles. The van der Waals surface area contributed by atoms with Gasteiger partial charge in [0.2, 0.25) is 5.88 Å². The average Bonchev–Trinajstić information content (AvgIpc) is 3.50. The number of halogens is 1. The number of nitrogens with two attached hydrogens (primary N) is 1. The van der Waals surface area contributed by atoms with Crippen molar-refractivity contribution in [2.24, 2.45) is 17.1 Å². The minimum absolute atomic E-state index is 0.226. The second kappa shape index (κ2) is 15.2. The van der Waals surface area contributed by atoms with E-state index in [4.69, 9.17) is 25.6 Å². The van der Waals surface area contributed by atoms with Gasteiger partial charge < -0.3 is 31.3 Å². The summed E-state index contributed by atoms with van der Waals surface area (Å²) >= 11 is 1.33. The Morgan fingerprint density at radius 1 is 1.18 bits per heavy atom. The van der Waals surface area contributed by atoms with Crippen molar-refractivity contribution in [2.75, 3.05) is 26.2 Å². The molecular formula is C36H45FN6O5S. The van der Waals surface area contributed by atoms with Crippen molar-refractivity contribution in [3.63, 3.8) is 0 Å². The number of pyridine rings is 2. The van der Waals surface area contributed by atoms with Gasteiger partial charge in [-0.3, -0.25) is 9.59 Å². The number of fused-ring (bicyclic) bond motifs is 2. The van der Waals surface area contributed by atoms with Crippen LogP contribution in [0.1, 0.15) is 79.1 Å². The van der Waals surface area contributed by atoms with Crippen LogP contribution in [0.5, 0.6) is 5.88 Å². The lowest BCUT2D eigenvalue weighted by Crippen LogP contribution is -2.49. The van der Waals surface area contributed by atoms with Crippen LogP contribution in [0.15, 0.2) is 42.6 Å². The van der Waals surface area contributed by atoms with Crippen LogP contribution in [0, 0.1) is 17.2 Å². The summed E-state index contributed by atoms with van der Waals surface area (Å²) in [5, 5.41) is 30.5. The highest BCUT2D eigenvalue weighted by Gasteiger charge is 2.32. The van der Waals surface area contributed by atoms with E-state index >= 15 is 0 Å². The number of aromatic hydroxyl groups is 1. The number of aliphatic hydroxyl groups is 1. The third kappa shape index (κ3) is 8.77. The fraction of sp³-hybridized carbons (Fsp3) is 0.472. The topological polar surface area (TPSA) is 175 Å². The molecule has 13 heteroatoms. The van der Waals surface area contributed by atoms with Gasteiger partial charge in [0.15, 0.2) is 10.8 Å². The summed E-state index contributed by atoms with van der Waals surface area (Å²) in [6, 6.07) is 10.6. The third-order valence-electron chi connectivity index (χ3n) is 9.84. The standard InChI is InChI=1S/C35H43FN6O3S.CH2O2/c1-34(2,3)25-8-9-27-23(16-25)18-29-32(40-27)46-33(41-29)31(44)39-28(10-13-42-14-11-35(45,20-37)12-15-42)22-6-4-21(5-7-22)24-17-26(36)30(43)38-19-24;2-1-3/h4-7,17-19,25,28,45H,8-16,20,37H2,1-3H3,(H,38,43)(H,39,44);1H,(H,2,3)/t25-,28+;/m0./s1. The van der Waals surface area contributed by atoms with E-state index in [0.717, 1.165) is 66.1 Å². The van der Waals surface area contributed by atoms with E-state index in [0.29, 0.717) is 35.8 Å². The minimum Gasteiger partial charge on any atom is -0.491 e. The van der Waals surface area contributed by atoms with Crippen LogP contribution in [0.2, 0.25) is 0 Å². The molecular weight excluding hydrogens is 647 g/mol. The van der Waals surface area contributed by atoms with Gasteiger partial charge in [0.1, 0.15) is 10.3 Å². The highest BCUT2D eigenvalue weighted by atomic mass is 32.1. The molecule has 4 heterocycles. The number of aromatic nitrogens is 3. The first kappa shape index (κ1) is 36.2. The van der Waals surface area contributed by atoms with E-state index in [1.54, 1.807) is 0 Å². The molecule has 11 nitrogen and oxygen atoms in total. The molecule has 1 aromatic carbocycles. The lowest BCUT2D eigenvalue weighted by molar-refractivity contribution is -0.122. The molecule has 1 amide bonds. The van der Waals surface area contributed by atoms with Crippen molar-refractivity contribution in [3.8, 4) is 17.0 Å². The molecule has 1 fully saturated rings. The number of benzene rings is 1. The number of carbonyl (C=O) groups is 2. The molecule has 262 valence electrons. The highest BCUT2D eigenvalue weighted by Crippen LogP contribution is 2.38. The number of piperidine rings is 1. The number of nitrogens with one attached hydrogen (secondary N) is 1. The minimum atomic E-state index is -0.809. The van der Waals surface area contributed by atoms with Crippen LogP contribution in [-0.2, 0) is 17.6 Å². The predicted molar refractivity (Wildman–Crippen MR) is 187 cm³/mol. The first-order valence-electron chi connectivity index (χ1n) is 16.6. The molecule has 1 saturated heterocycles. The SMILES string of the molecule is CC(C)(C)[C@H]1CCc2nc3sc(C(=O)N[C@H](CCN4CCC(O)(CN)CC4)c4ccc(-c5cnc(O)c(F)c5)cc4)nc3cc2C1.O=CO. The third-order valence-corrected chi connectivity index (χ3v) is 10.8. The Labute approximate surface area is 289 Å². The van der Waals surface area contributed by atoms with Crippen LogP contribution in [-0.4, -0.2) is 79.3 Å². The summed E-state index contributed by atoms with van der Waals surface area (Å²) < 4.78 is 14.0. The number of carbonyl (C=O) groups excluding carboxylic acids is 1. The van der Waals surface area contributed by atoms with Crippen molar-refractivity contribution in [1.29, 1.82) is 0 Å². The van der Waals surface area contributed by atoms with E-state index in [9.17, 15) is 19.4 Å². The van der Waals surface area contributed by atoms with Gasteiger partial charge in [-0.15, -0.1) is 0 Å². The van der Waals surface area contributed by atoms with Gasteiger partial charge in [-0.1, -0.05) is 56.4 Å². The maximum Gasteiger partial charge on any atom is 0.290 e. The van der Waals surface area contributed by atoms with Crippen LogP contribution in [0.25, 0.3) is 21.5 Å². The molecule has 0 unspecified atom stereocenters. The Balaban J connectivity index is 0.00000151. The molecule has 3 aromatic heterocycles. The molecule has 0 radical (unpaired) electrons. The fourth-order valence-corrected chi connectivity index (χ4v) is 7.44. The number of hydrogen-bond donors (Lipinski definition) is 5. The van der Waals surface area contributed by atoms with E-state index in [1.165, 1.54) is 29.2 Å². The van der Waals surface area contributed by atoms with E-state index < -0.39 is 17.3 Å². The number of hydrogen-bond acceptors (Lipinski definition) is 10. The normalized spacial score (nSPS) is 18.2. The van der Waals surface area contributed by atoms with Crippen molar-refractivity contribution < 1.29 is 29.3 Å². The van der Waals surface area contributed by atoms with Crippen LogP contribution in [0.4, 0.5) is 4.39 Å². The molecule has 0 spiro atoms. The number of rotatable bonds is 8. The van der Waals surface area contributed by atoms with Gasteiger partial charge in [-0.2, -0.15) is 0 Å². The van der Waals surface area contributed by atoms with Gasteiger partial charge in [0, 0.05) is 43.6 Å². The molecule has 2 aliphatic rings. The number of amides is 1. The molecule has 0 saturated carbocycles. The number of nitrogens with zero attached hydrogens (tertiary/aromatic N) is 4. The quantitative estimate of drug-likeness (QED) is 0.156. The Morgan fingerprint density at radius 2 is 1.88 bits per heavy atom. The van der Waals surface area contributed by atoms with Crippen LogP contribution in [0.3, 0.4) is 0 Å². The number of aryl methyl sites for hydroxylation is 1. The number of likely N-dealkylation sites (tertiary alicyclic amines) is 1. The molecule has 1 aliphatic carbocycles. The largest absolute Gasteiger partial charge is 0.491 e. The van der Waals surface area contributed by atoms with Crippen LogP contribution < -0.4 is 11.1 Å². The molecule has 0 bridgehead atoms. The Hall–Kier alpha value is -4.04. The average molecular weight is 693 g/mol. The summed E-state index contributed by atoms with van der Waals surface area (Å²) in [6.07, 6.45) is 6.34. The predicted octanol–water partition coefficient (Wildman–Crippen LogP) is 5.10. The Kier molecular flexibility index (Phi) is 11.3. The zero-order chi connectivity index (χ0) is 35.3. The van der Waals surface area contributed by atoms with Gasteiger partial charge in [0.05, 0.1) is 11.6 Å². The van der Waals surface area contributed by atoms with Gasteiger partial charge in [-0.05, 0) is 78.7 Å². The molecule has 4 aromatic rings. The smallest absolute Gasteiger partial charge is 0.290 e. The van der Waals surface area contributed by atoms with Crippen molar-refractivity contribution in [2.45, 2.75) is 70.9 Å². The van der Waals surface area contributed by atoms with Crippen molar-refractivity contribution in [3.05, 3.63) is 70.2 Å².